The molecule has 0 saturated carbocycles. The highest BCUT2D eigenvalue weighted by Gasteiger charge is 2.17. The minimum absolute atomic E-state index is 0.000462. The summed E-state index contributed by atoms with van der Waals surface area (Å²) in [5.74, 6) is -1.85. The van der Waals surface area contributed by atoms with E-state index >= 15 is 0 Å². The van der Waals surface area contributed by atoms with Gasteiger partial charge in [-0.2, -0.15) is 0 Å². The van der Waals surface area contributed by atoms with Crippen molar-refractivity contribution in [3.8, 4) is 11.1 Å². The summed E-state index contributed by atoms with van der Waals surface area (Å²) in [6.07, 6.45) is 0. The molecular weight excluding hydrogens is 388 g/mol. The normalized spacial score (nSPS) is 10.3. The molecule has 0 unspecified atom stereocenters. The molecular formula is C19H15F2N3OS2. The molecule has 3 N–H and O–H groups in total. The van der Waals surface area contributed by atoms with Crippen molar-refractivity contribution in [3.63, 3.8) is 0 Å². The average Bonchev–Trinajstić information content (AvgIpc) is 3.04. The Morgan fingerprint density at radius 1 is 1.07 bits per heavy atom. The van der Waals surface area contributed by atoms with Crippen LogP contribution in [0.15, 0.2) is 53.9 Å². The van der Waals surface area contributed by atoms with Gasteiger partial charge in [0.25, 0.3) is 5.91 Å². The van der Waals surface area contributed by atoms with Gasteiger partial charge in [-0.05, 0) is 36.8 Å². The molecule has 0 saturated heterocycles. The molecule has 0 radical (unpaired) electrons. The number of carbonyl (C=O) groups excluding carboxylic acids is 1. The van der Waals surface area contributed by atoms with E-state index in [-0.39, 0.29) is 16.7 Å². The van der Waals surface area contributed by atoms with Crippen LogP contribution in [0.1, 0.15) is 15.2 Å². The SMILES string of the molecule is Cc1scc(C(=O)NNC(=S)Nc2ccc(F)cc2F)c1-c1ccccc1. The van der Waals surface area contributed by atoms with E-state index in [1.807, 2.05) is 37.3 Å². The van der Waals surface area contributed by atoms with E-state index < -0.39 is 11.6 Å². The molecule has 27 heavy (non-hydrogen) atoms. The number of hydrogen-bond donors (Lipinski definition) is 3. The number of rotatable bonds is 3. The lowest BCUT2D eigenvalue weighted by molar-refractivity contribution is 0.0945. The smallest absolute Gasteiger partial charge is 0.271 e. The van der Waals surface area contributed by atoms with E-state index in [9.17, 15) is 13.6 Å². The van der Waals surface area contributed by atoms with Crippen LogP contribution in [0.2, 0.25) is 0 Å². The second-order valence-electron chi connectivity index (χ2n) is 5.60. The predicted octanol–water partition coefficient (Wildman–Crippen LogP) is 4.63. The number of thiocarbonyl (C=S) groups is 1. The third-order valence-electron chi connectivity index (χ3n) is 3.75. The van der Waals surface area contributed by atoms with Gasteiger partial charge >= 0.3 is 0 Å². The Labute approximate surface area is 164 Å². The molecule has 1 amide bonds. The van der Waals surface area contributed by atoms with E-state index in [1.54, 1.807) is 5.38 Å². The van der Waals surface area contributed by atoms with Gasteiger partial charge < -0.3 is 5.32 Å². The molecule has 0 bridgehead atoms. The summed E-state index contributed by atoms with van der Waals surface area (Å²) in [4.78, 5) is 13.6. The fourth-order valence-electron chi connectivity index (χ4n) is 2.51. The van der Waals surface area contributed by atoms with Crippen molar-refractivity contribution in [2.24, 2.45) is 0 Å². The van der Waals surface area contributed by atoms with Crippen molar-refractivity contribution in [1.82, 2.24) is 10.9 Å². The first-order valence-corrected chi connectivity index (χ1v) is 9.20. The number of benzene rings is 2. The van der Waals surface area contributed by atoms with Crippen molar-refractivity contribution in [2.75, 3.05) is 5.32 Å². The summed E-state index contributed by atoms with van der Waals surface area (Å²) >= 11 is 6.51. The highest BCUT2D eigenvalue weighted by Crippen LogP contribution is 2.32. The molecule has 0 aliphatic heterocycles. The van der Waals surface area contributed by atoms with Crippen molar-refractivity contribution in [1.29, 1.82) is 0 Å². The monoisotopic (exact) mass is 403 g/mol. The molecule has 8 heteroatoms. The molecule has 3 aromatic rings. The first-order chi connectivity index (χ1) is 13.0. The maximum Gasteiger partial charge on any atom is 0.271 e. The van der Waals surface area contributed by atoms with E-state index in [4.69, 9.17) is 12.2 Å². The second kappa shape index (κ2) is 8.24. The van der Waals surface area contributed by atoms with Gasteiger partial charge in [0.15, 0.2) is 5.11 Å². The standard InChI is InChI=1S/C19H15F2N3OS2/c1-11-17(12-5-3-2-4-6-12)14(10-27-11)18(25)23-24-19(26)22-16-8-7-13(20)9-15(16)21/h2-10H,1H3,(H,23,25)(H2,22,24,26). The second-order valence-corrected chi connectivity index (χ2v) is 7.10. The molecule has 0 fully saturated rings. The van der Waals surface area contributed by atoms with Crippen molar-refractivity contribution in [3.05, 3.63) is 76.0 Å². The first kappa shape index (κ1) is 18.9. The van der Waals surface area contributed by atoms with Crippen LogP contribution in [0.3, 0.4) is 0 Å². The number of thiophene rings is 1. The summed E-state index contributed by atoms with van der Waals surface area (Å²) in [5, 5.41) is 4.31. The largest absolute Gasteiger partial charge is 0.329 e. The summed E-state index contributed by atoms with van der Waals surface area (Å²) in [6, 6.07) is 12.6. The number of aryl methyl sites for hydroxylation is 1. The predicted molar refractivity (Wildman–Crippen MR) is 108 cm³/mol. The highest BCUT2D eigenvalue weighted by atomic mass is 32.1. The van der Waals surface area contributed by atoms with E-state index in [2.05, 4.69) is 16.2 Å². The topological polar surface area (TPSA) is 53.2 Å². The van der Waals surface area contributed by atoms with Gasteiger partial charge in [0, 0.05) is 21.9 Å². The number of nitrogens with one attached hydrogen (secondary N) is 3. The molecule has 138 valence electrons. The maximum absolute atomic E-state index is 13.6. The molecule has 0 spiro atoms. The zero-order chi connectivity index (χ0) is 19.4. The Bertz CT molecular complexity index is 990. The molecule has 2 aromatic carbocycles. The van der Waals surface area contributed by atoms with Crippen molar-refractivity contribution in [2.45, 2.75) is 6.92 Å². The van der Waals surface area contributed by atoms with E-state index in [1.165, 1.54) is 17.4 Å². The van der Waals surface area contributed by atoms with Crippen molar-refractivity contribution >= 4 is 40.3 Å². The number of carbonyl (C=O) groups is 1. The van der Waals surface area contributed by atoms with Crippen LogP contribution in [0, 0.1) is 18.6 Å². The Morgan fingerprint density at radius 2 is 1.81 bits per heavy atom. The van der Waals surface area contributed by atoms with E-state index in [0.717, 1.165) is 28.1 Å². The van der Waals surface area contributed by atoms with Gasteiger partial charge in [0.2, 0.25) is 0 Å². The Hall–Kier alpha value is -2.84. The molecule has 0 aliphatic carbocycles. The van der Waals surface area contributed by atoms with Crippen LogP contribution in [0.4, 0.5) is 14.5 Å². The number of hydrogen-bond acceptors (Lipinski definition) is 3. The average molecular weight is 403 g/mol. The third kappa shape index (κ3) is 4.47. The zero-order valence-corrected chi connectivity index (χ0v) is 15.8. The number of halogens is 2. The zero-order valence-electron chi connectivity index (χ0n) is 14.2. The lowest BCUT2D eigenvalue weighted by Gasteiger charge is -2.13. The molecule has 1 aromatic heterocycles. The summed E-state index contributed by atoms with van der Waals surface area (Å²) < 4.78 is 26.6. The Kier molecular flexibility index (Phi) is 5.78. The molecule has 3 rings (SSSR count). The fourth-order valence-corrected chi connectivity index (χ4v) is 3.54. The van der Waals surface area contributed by atoms with Gasteiger partial charge in [-0.15, -0.1) is 11.3 Å². The number of amides is 1. The molecule has 0 aliphatic rings. The number of hydrazine groups is 1. The molecule has 1 heterocycles. The lowest BCUT2D eigenvalue weighted by Crippen LogP contribution is -2.43. The van der Waals surface area contributed by atoms with Gasteiger partial charge in [-0.3, -0.25) is 15.6 Å². The van der Waals surface area contributed by atoms with E-state index in [0.29, 0.717) is 5.56 Å². The summed E-state index contributed by atoms with van der Waals surface area (Å²) in [6.45, 7) is 1.95. The highest BCUT2D eigenvalue weighted by molar-refractivity contribution is 7.80. The van der Waals surface area contributed by atoms with Crippen LogP contribution < -0.4 is 16.2 Å². The van der Waals surface area contributed by atoms with Crippen LogP contribution in [-0.2, 0) is 0 Å². The van der Waals surface area contributed by atoms with Gasteiger partial charge in [-0.25, -0.2) is 8.78 Å². The third-order valence-corrected chi connectivity index (χ3v) is 4.87. The maximum atomic E-state index is 13.6. The van der Waals surface area contributed by atoms with Gasteiger partial charge in [0.05, 0.1) is 11.3 Å². The van der Waals surface area contributed by atoms with Gasteiger partial charge in [-0.1, -0.05) is 30.3 Å². The molecule has 4 nitrogen and oxygen atoms in total. The van der Waals surface area contributed by atoms with Crippen molar-refractivity contribution < 1.29 is 13.6 Å². The van der Waals surface area contributed by atoms with Crippen LogP contribution in [0.5, 0.6) is 0 Å². The summed E-state index contributed by atoms with van der Waals surface area (Å²) in [7, 11) is 0. The van der Waals surface area contributed by atoms with Gasteiger partial charge in [0.1, 0.15) is 11.6 Å². The number of anilines is 1. The minimum atomic E-state index is -0.787. The van der Waals surface area contributed by atoms with Crippen LogP contribution >= 0.6 is 23.6 Å². The molecule has 0 atom stereocenters. The summed E-state index contributed by atoms with van der Waals surface area (Å²) in [5.41, 5.74) is 7.31. The lowest BCUT2D eigenvalue weighted by atomic mass is 10.0. The quantitative estimate of drug-likeness (QED) is 0.441. The van der Waals surface area contributed by atoms with Crippen LogP contribution in [0.25, 0.3) is 11.1 Å². The first-order valence-electron chi connectivity index (χ1n) is 7.91. The minimum Gasteiger partial charge on any atom is -0.329 e. The Morgan fingerprint density at radius 3 is 2.52 bits per heavy atom. The fraction of sp³-hybridized carbons (Fsp3) is 0.0526. The Balaban J connectivity index is 1.67. The van der Waals surface area contributed by atoms with Crippen LogP contribution in [-0.4, -0.2) is 11.0 Å².